The van der Waals surface area contributed by atoms with Gasteiger partial charge in [0.15, 0.2) is 17.3 Å². The van der Waals surface area contributed by atoms with Crippen molar-refractivity contribution < 1.29 is 14.3 Å². The number of ketones is 1. The van der Waals surface area contributed by atoms with Crippen molar-refractivity contribution in [1.82, 2.24) is 9.78 Å². The third-order valence-corrected chi connectivity index (χ3v) is 8.31. The van der Waals surface area contributed by atoms with Gasteiger partial charge in [-0.25, -0.2) is 4.68 Å². The van der Waals surface area contributed by atoms with E-state index in [0.717, 1.165) is 11.3 Å². The summed E-state index contributed by atoms with van der Waals surface area (Å²) >= 11 is 13.1. The predicted molar refractivity (Wildman–Crippen MR) is 152 cm³/mol. The Morgan fingerprint density at radius 1 is 0.897 bits per heavy atom. The molecule has 0 radical (unpaired) electrons. The minimum atomic E-state index is -0.671. The van der Waals surface area contributed by atoms with E-state index < -0.39 is 5.92 Å². The summed E-state index contributed by atoms with van der Waals surface area (Å²) in [7, 11) is 3.18. The number of aromatic nitrogens is 2. The third kappa shape index (κ3) is 4.22. The summed E-state index contributed by atoms with van der Waals surface area (Å²) in [5.41, 5.74) is 3.73. The molecule has 6 rings (SSSR count). The number of aromatic amines is 1. The maximum Gasteiger partial charge on any atom is 0.277 e. The molecule has 2 atom stereocenters. The molecule has 0 spiro atoms. The molecular weight excluding hydrogens is 537 g/mol. The second-order valence-corrected chi connectivity index (χ2v) is 10.4. The lowest BCUT2D eigenvalue weighted by atomic mass is 9.72. The molecule has 0 amide bonds. The van der Waals surface area contributed by atoms with Crippen molar-refractivity contribution in [1.29, 1.82) is 0 Å². The van der Waals surface area contributed by atoms with Crippen LogP contribution < -0.4 is 20.3 Å². The summed E-state index contributed by atoms with van der Waals surface area (Å²) in [5.74, 6) is 0.943. The van der Waals surface area contributed by atoms with Gasteiger partial charge in [-0.2, -0.15) is 0 Å². The molecular formula is C30H25Cl2N3O4. The zero-order valence-corrected chi connectivity index (χ0v) is 22.8. The van der Waals surface area contributed by atoms with Crippen molar-refractivity contribution in [2.24, 2.45) is 0 Å². The first-order chi connectivity index (χ1) is 18.9. The van der Waals surface area contributed by atoms with E-state index in [2.05, 4.69) is 10.4 Å². The Hall–Kier alpha value is -3.94. The first-order valence-electron chi connectivity index (χ1n) is 12.5. The van der Waals surface area contributed by atoms with Crippen LogP contribution in [0.15, 0.2) is 82.8 Å². The molecule has 1 aliphatic heterocycles. The second kappa shape index (κ2) is 9.98. The Morgan fingerprint density at radius 2 is 1.67 bits per heavy atom. The van der Waals surface area contributed by atoms with Gasteiger partial charge in [0, 0.05) is 23.6 Å². The topological polar surface area (TPSA) is 85.4 Å². The summed E-state index contributed by atoms with van der Waals surface area (Å²) < 4.78 is 12.4. The van der Waals surface area contributed by atoms with E-state index in [-0.39, 0.29) is 23.7 Å². The van der Waals surface area contributed by atoms with Crippen LogP contribution in [0.3, 0.4) is 0 Å². The van der Waals surface area contributed by atoms with Crippen molar-refractivity contribution in [3.05, 3.63) is 115 Å². The van der Waals surface area contributed by atoms with Gasteiger partial charge in [0.25, 0.3) is 5.56 Å². The highest BCUT2D eigenvalue weighted by Gasteiger charge is 2.42. The largest absolute Gasteiger partial charge is 0.493 e. The van der Waals surface area contributed by atoms with Gasteiger partial charge in [-0.1, -0.05) is 59.6 Å². The Kier molecular flexibility index (Phi) is 6.49. The number of nitrogens with one attached hydrogen (secondary N) is 2. The monoisotopic (exact) mass is 561 g/mol. The van der Waals surface area contributed by atoms with Crippen LogP contribution >= 0.6 is 23.2 Å². The molecule has 1 aromatic heterocycles. The molecule has 0 fully saturated rings. The molecule has 39 heavy (non-hydrogen) atoms. The van der Waals surface area contributed by atoms with Crippen LogP contribution in [0.5, 0.6) is 11.5 Å². The van der Waals surface area contributed by atoms with Crippen LogP contribution in [-0.4, -0.2) is 29.8 Å². The van der Waals surface area contributed by atoms with Crippen LogP contribution in [0.2, 0.25) is 10.0 Å². The van der Waals surface area contributed by atoms with E-state index in [0.29, 0.717) is 56.2 Å². The molecule has 7 nitrogen and oxygen atoms in total. The normalized spacial score (nSPS) is 18.3. The molecule has 2 N–H and O–H groups in total. The summed E-state index contributed by atoms with van der Waals surface area (Å²) in [4.78, 5) is 27.8. The lowest BCUT2D eigenvalue weighted by Gasteiger charge is -2.35. The van der Waals surface area contributed by atoms with Crippen molar-refractivity contribution in [2.45, 2.75) is 24.7 Å². The molecule has 2 heterocycles. The molecule has 0 bridgehead atoms. The number of halogens is 2. The fourth-order valence-electron chi connectivity index (χ4n) is 5.65. The number of nitrogens with zero attached hydrogens (tertiary/aromatic N) is 1. The highest BCUT2D eigenvalue weighted by molar-refractivity contribution is 6.42. The standard InChI is InChI=1S/C30H25Cl2N3O4/c1-38-23-12-11-16(15-24(23)39-2)17-13-21-26(22(36)14-17)25(19-9-6-10-20(31)28(19)32)27-29(33-21)34-35(30(27)37)18-7-4-3-5-8-18/h3-12,15,17,25,33-34H,13-14H2,1-2H3. The minimum Gasteiger partial charge on any atom is -0.493 e. The fraction of sp³-hybridized carbons (Fsp3) is 0.200. The molecule has 2 aliphatic rings. The lowest BCUT2D eigenvalue weighted by molar-refractivity contribution is -0.116. The van der Waals surface area contributed by atoms with Crippen LogP contribution in [0.1, 0.15) is 41.4 Å². The predicted octanol–water partition coefficient (Wildman–Crippen LogP) is 6.45. The van der Waals surface area contributed by atoms with Crippen molar-refractivity contribution >= 4 is 34.8 Å². The molecule has 198 valence electrons. The molecule has 3 aromatic carbocycles. The smallest absolute Gasteiger partial charge is 0.277 e. The van der Waals surface area contributed by atoms with Crippen LogP contribution in [0.25, 0.3) is 5.69 Å². The zero-order chi connectivity index (χ0) is 27.3. The third-order valence-electron chi connectivity index (χ3n) is 7.47. The molecule has 4 aromatic rings. The highest BCUT2D eigenvalue weighted by atomic mass is 35.5. The summed E-state index contributed by atoms with van der Waals surface area (Å²) in [5, 5.41) is 7.31. The van der Waals surface area contributed by atoms with Gasteiger partial charge >= 0.3 is 0 Å². The number of benzene rings is 3. The van der Waals surface area contributed by atoms with Gasteiger partial charge in [0.05, 0.1) is 35.5 Å². The van der Waals surface area contributed by atoms with Crippen molar-refractivity contribution in [3.8, 4) is 17.2 Å². The summed E-state index contributed by atoms with van der Waals surface area (Å²) in [6.45, 7) is 0. The summed E-state index contributed by atoms with van der Waals surface area (Å²) in [6, 6.07) is 20.3. The quantitative estimate of drug-likeness (QED) is 0.292. The van der Waals surface area contributed by atoms with E-state index in [1.54, 1.807) is 26.4 Å². The molecule has 0 saturated carbocycles. The Morgan fingerprint density at radius 3 is 2.41 bits per heavy atom. The van der Waals surface area contributed by atoms with Gasteiger partial charge in [-0.05, 0) is 53.8 Å². The second-order valence-electron chi connectivity index (χ2n) is 9.61. The Bertz CT molecular complexity index is 1690. The fourth-order valence-corrected chi connectivity index (χ4v) is 6.07. The van der Waals surface area contributed by atoms with Crippen molar-refractivity contribution in [2.75, 3.05) is 19.5 Å². The van der Waals surface area contributed by atoms with Crippen LogP contribution in [0.4, 0.5) is 5.82 Å². The Labute approximate surface area is 234 Å². The average Bonchev–Trinajstić information content (AvgIpc) is 3.29. The molecule has 2 unspecified atom stereocenters. The van der Waals surface area contributed by atoms with E-state index in [4.69, 9.17) is 32.7 Å². The SMILES string of the molecule is COc1ccc(C2CC(=O)C3=C(C2)Nc2[nH]n(-c4ccccc4)c(=O)c2C3c2cccc(Cl)c2Cl)cc1OC. The maximum atomic E-state index is 13.9. The van der Waals surface area contributed by atoms with E-state index in [1.165, 1.54) is 4.68 Å². The number of hydrogen-bond donors (Lipinski definition) is 2. The maximum absolute atomic E-state index is 13.9. The number of ether oxygens (including phenoxy) is 2. The number of H-pyrrole nitrogens is 1. The van der Waals surface area contributed by atoms with Crippen molar-refractivity contribution in [3.63, 3.8) is 0 Å². The Balaban J connectivity index is 1.50. The number of fused-ring (bicyclic) bond motifs is 1. The van der Waals surface area contributed by atoms with Crippen LogP contribution in [0, 0.1) is 0 Å². The summed E-state index contributed by atoms with van der Waals surface area (Å²) in [6.07, 6.45) is 0.834. The van der Waals surface area contributed by atoms with Gasteiger partial charge < -0.3 is 14.8 Å². The van der Waals surface area contributed by atoms with Gasteiger partial charge in [-0.3, -0.25) is 14.7 Å². The number of hydrogen-bond acceptors (Lipinski definition) is 5. The minimum absolute atomic E-state index is 0.0536. The van der Waals surface area contributed by atoms with Gasteiger partial charge in [0.2, 0.25) is 0 Å². The first kappa shape index (κ1) is 25.3. The lowest BCUT2D eigenvalue weighted by Crippen LogP contribution is -2.32. The van der Waals surface area contributed by atoms with E-state index in [1.807, 2.05) is 54.6 Å². The van der Waals surface area contributed by atoms with E-state index in [9.17, 15) is 9.59 Å². The molecule has 1 aliphatic carbocycles. The molecule has 0 saturated heterocycles. The number of rotatable bonds is 5. The van der Waals surface area contributed by atoms with Crippen LogP contribution in [-0.2, 0) is 4.79 Å². The molecule has 9 heteroatoms. The number of para-hydroxylation sites is 1. The highest BCUT2D eigenvalue weighted by Crippen LogP contribution is 2.49. The number of allylic oxidation sites excluding steroid dienone is 2. The average molecular weight is 562 g/mol. The number of methoxy groups -OCH3 is 2. The first-order valence-corrected chi connectivity index (χ1v) is 13.3. The van der Waals surface area contributed by atoms with E-state index >= 15 is 0 Å². The number of carbonyl (C=O) groups excluding carboxylic acids is 1. The van der Waals surface area contributed by atoms with Gasteiger partial charge in [0.1, 0.15) is 5.82 Å². The number of Topliss-reactive ketones (excluding diaryl/α,β-unsaturated/α-hetero) is 1. The number of anilines is 1. The number of carbonyl (C=O) groups is 1. The zero-order valence-electron chi connectivity index (χ0n) is 21.3. The van der Waals surface area contributed by atoms with Gasteiger partial charge in [-0.15, -0.1) is 0 Å².